The molecule has 0 amide bonds. The van der Waals surface area contributed by atoms with Crippen molar-refractivity contribution in [3.8, 4) is 17.2 Å². The Hall–Kier alpha value is -8.24. The molecule has 0 aliphatic carbocycles. The number of carbonyl (C=O) groups is 4. The predicted octanol–water partition coefficient (Wildman–Crippen LogP) is 7.79. The number of methoxy groups -OCH3 is 2. The Morgan fingerprint density at radius 2 is 1.00 bits per heavy atom. The third-order valence-electron chi connectivity index (χ3n) is 9.14. The third-order valence-corrected chi connectivity index (χ3v) is 9.14. The van der Waals surface area contributed by atoms with Gasteiger partial charge in [-0.15, -0.1) is 0 Å². The summed E-state index contributed by atoms with van der Waals surface area (Å²) in [5.41, 5.74) is 2.50. The highest BCUT2D eigenvalue weighted by Gasteiger charge is 2.26. The molecule has 0 radical (unpaired) electrons. The summed E-state index contributed by atoms with van der Waals surface area (Å²) in [6.07, 6.45) is 0.689. The fourth-order valence-corrected chi connectivity index (χ4v) is 5.88. The van der Waals surface area contributed by atoms with Gasteiger partial charge in [-0.2, -0.15) is 0 Å². The lowest BCUT2D eigenvalue weighted by molar-refractivity contribution is -0.386. The van der Waals surface area contributed by atoms with Gasteiger partial charge in [-0.3, -0.25) is 59.6 Å². The SMILES string of the molecule is CC(=O)OCC(C)c1cc2c(cc1[N+](=O)[O-])CCO2.CC(=O)OCC(C)c1ccccc1[N+](=O)[O-].CC(=O)OCc1ccccc1[N+](=O)[O-].COc1cc(COC(C)=O)c([N+](=O)[O-])cc1OC. The van der Waals surface area contributed by atoms with Crippen molar-refractivity contribution in [1.29, 1.82) is 0 Å². The second kappa shape index (κ2) is 27.2. The first-order valence-corrected chi connectivity index (χ1v) is 19.9. The van der Waals surface area contributed by atoms with Crippen LogP contribution in [-0.2, 0) is 57.8 Å². The second-order valence-corrected chi connectivity index (χ2v) is 14.1. The van der Waals surface area contributed by atoms with Crippen molar-refractivity contribution in [2.24, 2.45) is 0 Å². The van der Waals surface area contributed by atoms with Crippen LogP contribution in [0.2, 0.25) is 0 Å². The van der Waals surface area contributed by atoms with E-state index in [9.17, 15) is 59.6 Å². The number of nitro benzene ring substituents is 4. The number of nitro groups is 4. The van der Waals surface area contributed by atoms with Gasteiger partial charge in [0.2, 0.25) is 0 Å². The Bertz CT molecular complexity index is 2420. The number of para-hydroxylation sites is 2. The molecular weight excluding hydrogens is 888 g/mol. The van der Waals surface area contributed by atoms with Crippen molar-refractivity contribution >= 4 is 46.6 Å². The molecule has 23 nitrogen and oxygen atoms in total. The molecule has 1 aliphatic heterocycles. The Labute approximate surface area is 383 Å². The summed E-state index contributed by atoms with van der Waals surface area (Å²) in [6, 6.07) is 18.5. The van der Waals surface area contributed by atoms with E-state index in [1.54, 1.807) is 62.4 Å². The van der Waals surface area contributed by atoms with Crippen LogP contribution in [0.4, 0.5) is 22.7 Å². The number of nitrogens with zero attached hydrogens (tertiary/aromatic N) is 4. The summed E-state index contributed by atoms with van der Waals surface area (Å²) in [5, 5.41) is 43.3. The third kappa shape index (κ3) is 18.0. The highest BCUT2D eigenvalue weighted by Crippen LogP contribution is 2.37. The molecular formula is C44H50N4O19. The van der Waals surface area contributed by atoms with Crippen molar-refractivity contribution in [2.75, 3.05) is 34.0 Å². The zero-order valence-electron chi connectivity index (χ0n) is 37.9. The lowest BCUT2D eigenvalue weighted by Gasteiger charge is -2.13. The maximum Gasteiger partial charge on any atom is 0.302 e. The summed E-state index contributed by atoms with van der Waals surface area (Å²) in [6.45, 7) is 9.25. The summed E-state index contributed by atoms with van der Waals surface area (Å²) in [4.78, 5) is 84.1. The molecule has 360 valence electrons. The Morgan fingerprint density at radius 3 is 1.49 bits per heavy atom. The molecule has 23 heteroatoms. The first-order chi connectivity index (χ1) is 31.6. The molecule has 4 aromatic rings. The van der Waals surface area contributed by atoms with E-state index in [1.807, 2.05) is 0 Å². The van der Waals surface area contributed by atoms with Crippen LogP contribution in [0.15, 0.2) is 72.8 Å². The highest BCUT2D eigenvalue weighted by atomic mass is 16.6. The smallest absolute Gasteiger partial charge is 0.302 e. The van der Waals surface area contributed by atoms with E-state index in [0.717, 1.165) is 5.56 Å². The number of carbonyl (C=O) groups excluding carboxylic acids is 4. The number of rotatable bonds is 16. The van der Waals surface area contributed by atoms with Crippen LogP contribution < -0.4 is 14.2 Å². The first-order valence-electron chi connectivity index (χ1n) is 19.9. The summed E-state index contributed by atoms with van der Waals surface area (Å²) in [7, 11) is 2.80. The van der Waals surface area contributed by atoms with Crippen LogP contribution in [0.25, 0.3) is 0 Å². The first kappa shape index (κ1) is 54.9. The van der Waals surface area contributed by atoms with E-state index < -0.39 is 37.6 Å². The summed E-state index contributed by atoms with van der Waals surface area (Å²) >= 11 is 0. The fraction of sp³-hybridized carbons (Fsp3) is 0.364. The molecule has 0 saturated heterocycles. The number of hydrogen-bond donors (Lipinski definition) is 0. The molecule has 1 heterocycles. The van der Waals surface area contributed by atoms with Gasteiger partial charge in [0.05, 0.1) is 70.9 Å². The van der Waals surface area contributed by atoms with E-state index in [4.69, 9.17) is 28.4 Å². The maximum atomic E-state index is 11.1. The molecule has 0 fully saturated rings. The molecule has 0 bridgehead atoms. The van der Waals surface area contributed by atoms with Crippen molar-refractivity contribution in [2.45, 2.75) is 73.0 Å². The average molecular weight is 939 g/mol. The standard InChI is InChI=1S/C13H15NO5.C11H13NO6.C11H13NO4.C9H9NO4/c1-8(7-19-9(2)15)11-6-13-10(3-4-18-13)5-12(11)14(16)17;1-7(13)18-6-8-4-10(16-2)11(17-3)5-9(8)12(14)15;1-8(7-16-9(2)13)10-5-3-4-6-11(10)12(14)15;1-7(11)14-6-8-4-2-3-5-9(8)10(12)13/h5-6,8H,3-4,7H2,1-2H3;4-5H,6H2,1-3H3;3-6,8H,7H2,1-2H3;2-5H,6H2,1H3. The molecule has 2 atom stereocenters. The van der Waals surface area contributed by atoms with Crippen LogP contribution in [0.5, 0.6) is 17.2 Å². The normalized spacial score (nSPS) is 11.5. The minimum atomic E-state index is -0.569. The minimum Gasteiger partial charge on any atom is -0.493 e. The second-order valence-electron chi connectivity index (χ2n) is 14.1. The van der Waals surface area contributed by atoms with Gasteiger partial charge in [0, 0.05) is 80.8 Å². The molecule has 0 spiro atoms. The summed E-state index contributed by atoms with van der Waals surface area (Å²) < 4.78 is 34.6. The zero-order chi connectivity index (χ0) is 50.4. The van der Waals surface area contributed by atoms with Crippen LogP contribution in [0, 0.1) is 40.5 Å². The minimum absolute atomic E-state index is 0.0336. The van der Waals surface area contributed by atoms with Gasteiger partial charge in [0.25, 0.3) is 22.7 Å². The lowest BCUT2D eigenvalue weighted by atomic mass is 9.97. The number of esters is 4. The number of hydrogen-bond acceptors (Lipinski definition) is 19. The summed E-state index contributed by atoms with van der Waals surface area (Å²) in [5.74, 6) is -0.916. The van der Waals surface area contributed by atoms with Gasteiger partial charge in [0.1, 0.15) is 19.0 Å². The van der Waals surface area contributed by atoms with E-state index in [2.05, 4.69) is 4.74 Å². The maximum absolute atomic E-state index is 11.1. The molecule has 5 rings (SSSR count). The van der Waals surface area contributed by atoms with E-state index in [1.165, 1.54) is 66.2 Å². The van der Waals surface area contributed by atoms with Crippen molar-refractivity contribution < 1.29 is 72.0 Å². The van der Waals surface area contributed by atoms with Crippen LogP contribution in [0.3, 0.4) is 0 Å². The van der Waals surface area contributed by atoms with Crippen LogP contribution in [0.1, 0.15) is 81.2 Å². The van der Waals surface area contributed by atoms with Gasteiger partial charge in [-0.05, 0) is 18.2 Å². The largest absolute Gasteiger partial charge is 0.493 e. The van der Waals surface area contributed by atoms with Crippen LogP contribution >= 0.6 is 0 Å². The van der Waals surface area contributed by atoms with Crippen LogP contribution in [-0.4, -0.2) is 77.6 Å². The molecule has 1 aliphatic rings. The zero-order valence-corrected chi connectivity index (χ0v) is 37.9. The van der Waals surface area contributed by atoms with E-state index >= 15 is 0 Å². The number of benzene rings is 4. The van der Waals surface area contributed by atoms with Crippen molar-refractivity contribution in [3.63, 3.8) is 0 Å². The molecule has 67 heavy (non-hydrogen) atoms. The van der Waals surface area contributed by atoms with Crippen molar-refractivity contribution in [1.82, 2.24) is 0 Å². The van der Waals surface area contributed by atoms with Crippen molar-refractivity contribution in [3.05, 3.63) is 141 Å². The Morgan fingerprint density at radius 1 is 0.552 bits per heavy atom. The Balaban J connectivity index is 0.000000309. The van der Waals surface area contributed by atoms with E-state index in [-0.39, 0.29) is 78.3 Å². The number of ether oxygens (including phenoxy) is 7. The van der Waals surface area contributed by atoms with E-state index in [0.29, 0.717) is 41.2 Å². The highest BCUT2D eigenvalue weighted by molar-refractivity contribution is 5.67. The Kier molecular flexibility index (Phi) is 22.3. The molecule has 2 unspecified atom stereocenters. The lowest BCUT2D eigenvalue weighted by Crippen LogP contribution is -2.10. The predicted molar refractivity (Wildman–Crippen MR) is 236 cm³/mol. The topological polar surface area (TPSA) is 305 Å². The molecule has 0 N–H and O–H groups in total. The molecule has 0 saturated carbocycles. The molecule has 0 aromatic heterocycles. The van der Waals surface area contributed by atoms with Gasteiger partial charge < -0.3 is 33.2 Å². The molecule has 4 aromatic carbocycles. The fourth-order valence-electron chi connectivity index (χ4n) is 5.88. The van der Waals surface area contributed by atoms with Gasteiger partial charge >= 0.3 is 23.9 Å². The van der Waals surface area contributed by atoms with Gasteiger partial charge in [-0.1, -0.05) is 44.2 Å². The van der Waals surface area contributed by atoms with Gasteiger partial charge in [0.15, 0.2) is 11.5 Å². The number of fused-ring (bicyclic) bond motifs is 1. The monoisotopic (exact) mass is 938 g/mol. The van der Waals surface area contributed by atoms with Gasteiger partial charge in [-0.25, -0.2) is 0 Å². The average Bonchev–Trinajstić information content (AvgIpc) is 3.76. The quantitative estimate of drug-likeness (QED) is 0.0447.